The molecule has 0 aromatic heterocycles. The third kappa shape index (κ3) is 74.4. The molecule has 0 aliphatic carbocycles. The largest absolute Gasteiger partial charge is 0.107 e. The van der Waals surface area contributed by atoms with E-state index in [1.807, 2.05) is 13.8 Å². The Morgan fingerprint density at radius 1 is 0.833 bits per heavy atom. The van der Waals surface area contributed by atoms with E-state index >= 15 is 0 Å². The lowest BCUT2D eigenvalue weighted by atomic mass is 10.7. The van der Waals surface area contributed by atoms with Crippen LogP contribution >= 0.6 is 0 Å². The quantitative estimate of drug-likeness (QED) is 0.397. The van der Waals surface area contributed by atoms with Gasteiger partial charge >= 0.3 is 0 Å². The Labute approximate surface area is 41.6 Å². The third-order valence-corrected chi connectivity index (χ3v) is 0.250. The fourth-order valence-electron chi connectivity index (χ4n) is 0. The number of hydrogen-bond acceptors (Lipinski definition) is 0. The molecule has 0 fully saturated rings. The van der Waals surface area contributed by atoms with Gasteiger partial charge in [-0.25, -0.2) is 0 Å². The van der Waals surface area contributed by atoms with E-state index in [9.17, 15) is 0 Å². The van der Waals surface area contributed by atoms with Crippen molar-refractivity contribution < 1.29 is 0 Å². The molecule has 0 amide bonds. The van der Waals surface area contributed by atoms with Crippen LogP contribution in [0.25, 0.3) is 0 Å². The molecule has 0 heterocycles. The highest BCUT2D eigenvalue weighted by atomic mass is 13.3. The highest BCUT2D eigenvalue weighted by molar-refractivity contribution is 4.89. The lowest BCUT2D eigenvalue weighted by Gasteiger charge is -1.40. The predicted octanol–water partition coefficient (Wildman–Crippen LogP) is 2.30. The van der Waals surface area contributed by atoms with Crippen LogP contribution in [0.2, 0.25) is 0 Å². The van der Waals surface area contributed by atoms with E-state index in [2.05, 4.69) is 11.8 Å². The normalized spacial score (nSPS) is 2.33. The zero-order valence-electron chi connectivity index (χ0n) is 3.00. The Morgan fingerprint density at radius 3 is 1.00 bits per heavy atom. The van der Waals surface area contributed by atoms with Crippen molar-refractivity contribution in [2.75, 3.05) is 0 Å². The van der Waals surface area contributed by atoms with Gasteiger partial charge in [0.05, 0.1) is 0 Å². The van der Waals surface area contributed by atoms with Gasteiger partial charge in [-0.3, -0.25) is 0 Å². The Hall–Kier alpha value is -0.440. The molecule has 0 saturated carbocycles. The monoisotopic (exact) mass is 86.1 g/mol. The van der Waals surface area contributed by atoms with Crippen LogP contribution in [0.1, 0.15) is 28.7 Å². The Bertz CT molecular complexity index is 36.8. The van der Waals surface area contributed by atoms with Crippen molar-refractivity contribution >= 4 is 0 Å². The summed E-state index contributed by atoms with van der Waals surface area (Å²) >= 11 is 0. The summed E-state index contributed by atoms with van der Waals surface area (Å²) in [6.07, 6.45) is 0. The van der Waals surface area contributed by atoms with Gasteiger partial charge in [0.15, 0.2) is 0 Å². The average Bonchev–Trinajstić information content (AvgIpc) is 1.37. The molecule has 0 radical (unpaired) electrons. The molecule has 0 saturated heterocycles. The summed E-state index contributed by atoms with van der Waals surface area (Å²) in [5.41, 5.74) is 0. The van der Waals surface area contributed by atoms with Gasteiger partial charge < -0.3 is 0 Å². The molecule has 0 aliphatic heterocycles. The van der Waals surface area contributed by atoms with E-state index in [0.29, 0.717) is 0 Å². The standard InChI is InChI=1S/C4H6.2CH4/c1-3-4-2;;/h1-2H3;2*1H4. The summed E-state index contributed by atoms with van der Waals surface area (Å²) in [7, 11) is 0. The zero-order chi connectivity index (χ0) is 3.41. The van der Waals surface area contributed by atoms with E-state index < -0.39 is 0 Å². The van der Waals surface area contributed by atoms with E-state index in [1.165, 1.54) is 0 Å². The first-order valence-corrected chi connectivity index (χ1v) is 1.25. The lowest BCUT2D eigenvalue weighted by molar-refractivity contribution is 1.83. The Morgan fingerprint density at radius 2 is 1.00 bits per heavy atom. The first-order chi connectivity index (χ1) is 1.91. The van der Waals surface area contributed by atoms with Gasteiger partial charge in [0.2, 0.25) is 0 Å². The highest BCUT2D eigenvalue weighted by Crippen LogP contribution is 1.39. The van der Waals surface area contributed by atoms with Crippen LogP contribution in [-0.2, 0) is 0 Å². The van der Waals surface area contributed by atoms with E-state index in [0.717, 1.165) is 0 Å². The average molecular weight is 86.2 g/mol. The van der Waals surface area contributed by atoms with Crippen molar-refractivity contribution in [3.8, 4) is 11.8 Å². The molecule has 0 N–H and O–H groups in total. The Balaban J connectivity index is -0.0000000450. The minimum atomic E-state index is 0. The van der Waals surface area contributed by atoms with Crippen molar-refractivity contribution in [2.24, 2.45) is 0 Å². The third-order valence-electron chi connectivity index (χ3n) is 0.250. The van der Waals surface area contributed by atoms with Crippen LogP contribution in [0.15, 0.2) is 0 Å². The molecular weight excluding hydrogens is 72.1 g/mol. The molecule has 0 aromatic rings. The van der Waals surface area contributed by atoms with Crippen LogP contribution < -0.4 is 0 Å². The summed E-state index contributed by atoms with van der Waals surface area (Å²) in [6, 6.07) is 0. The van der Waals surface area contributed by atoms with Crippen LogP contribution in [0.5, 0.6) is 0 Å². The molecule has 0 rings (SSSR count). The molecule has 0 bridgehead atoms. The second kappa shape index (κ2) is 23.7. The fourth-order valence-corrected chi connectivity index (χ4v) is 0. The summed E-state index contributed by atoms with van der Waals surface area (Å²) < 4.78 is 0. The molecular formula is C6H14. The van der Waals surface area contributed by atoms with Crippen molar-refractivity contribution in [2.45, 2.75) is 28.7 Å². The van der Waals surface area contributed by atoms with E-state index in [4.69, 9.17) is 0 Å². The minimum absolute atomic E-state index is 0. The van der Waals surface area contributed by atoms with Gasteiger partial charge in [-0.1, -0.05) is 14.9 Å². The second-order valence-electron chi connectivity index (χ2n) is 0.500. The molecule has 0 aromatic carbocycles. The Kier molecular flexibility index (Phi) is 69.8. The number of hydrogen-bond donors (Lipinski definition) is 0. The van der Waals surface area contributed by atoms with Gasteiger partial charge in [0, 0.05) is 0 Å². The smallest absolute Gasteiger partial charge is 0.00271 e. The van der Waals surface area contributed by atoms with Crippen molar-refractivity contribution in [1.82, 2.24) is 0 Å². The molecule has 0 spiro atoms. The van der Waals surface area contributed by atoms with Gasteiger partial charge in [0.25, 0.3) is 0 Å². The van der Waals surface area contributed by atoms with E-state index in [-0.39, 0.29) is 14.9 Å². The van der Waals surface area contributed by atoms with Gasteiger partial charge in [-0.2, -0.15) is 0 Å². The van der Waals surface area contributed by atoms with Gasteiger partial charge in [0.1, 0.15) is 0 Å². The minimum Gasteiger partial charge on any atom is -0.107 e. The first kappa shape index (κ1) is 17.6. The summed E-state index contributed by atoms with van der Waals surface area (Å²) in [5, 5.41) is 0. The molecule has 6 heavy (non-hydrogen) atoms. The maximum absolute atomic E-state index is 2.68. The van der Waals surface area contributed by atoms with Crippen LogP contribution in [0.4, 0.5) is 0 Å². The lowest BCUT2D eigenvalue weighted by Crippen LogP contribution is -1.28. The fraction of sp³-hybridized carbons (Fsp3) is 0.667. The maximum atomic E-state index is 2.68. The number of rotatable bonds is 0. The molecule has 0 unspecified atom stereocenters. The van der Waals surface area contributed by atoms with Crippen LogP contribution in [0, 0.1) is 11.8 Å². The van der Waals surface area contributed by atoms with Gasteiger partial charge in [-0.05, 0) is 13.8 Å². The van der Waals surface area contributed by atoms with Crippen molar-refractivity contribution in [3.63, 3.8) is 0 Å². The van der Waals surface area contributed by atoms with Crippen molar-refractivity contribution in [3.05, 3.63) is 0 Å². The summed E-state index contributed by atoms with van der Waals surface area (Å²) in [6.45, 7) is 3.64. The highest BCUT2D eigenvalue weighted by Gasteiger charge is 1.26. The molecule has 0 aliphatic rings. The molecule has 38 valence electrons. The zero-order valence-corrected chi connectivity index (χ0v) is 3.00. The van der Waals surface area contributed by atoms with Crippen molar-refractivity contribution in [1.29, 1.82) is 0 Å². The molecule has 0 heteroatoms. The topological polar surface area (TPSA) is 0 Å². The van der Waals surface area contributed by atoms with Gasteiger partial charge in [-0.15, -0.1) is 11.8 Å². The van der Waals surface area contributed by atoms with Crippen LogP contribution in [-0.4, -0.2) is 0 Å². The first-order valence-electron chi connectivity index (χ1n) is 1.25. The van der Waals surface area contributed by atoms with E-state index in [1.54, 1.807) is 0 Å². The summed E-state index contributed by atoms with van der Waals surface area (Å²) in [4.78, 5) is 0. The van der Waals surface area contributed by atoms with Crippen LogP contribution in [0.3, 0.4) is 0 Å². The maximum Gasteiger partial charge on any atom is -0.00271 e. The predicted molar refractivity (Wildman–Crippen MR) is 32.6 cm³/mol. The molecule has 0 atom stereocenters. The second-order valence-corrected chi connectivity index (χ2v) is 0.500. The summed E-state index contributed by atoms with van der Waals surface area (Å²) in [5.74, 6) is 5.36. The SMILES string of the molecule is C.C.CC#CC. The molecule has 0 nitrogen and oxygen atoms in total.